The number of benzene rings is 1. The predicted octanol–water partition coefficient (Wildman–Crippen LogP) is 1.06. The van der Waals surface area contributed by atoms with Crippen LogP contribution in [-0.4, -0.2) is 17.1 Å². The van der Waals surface area contributed by atoms with E-state index >= 15 is 0 Å². The summed E-state index contributed by atoms with van der Waals surface area (Å²) in [6.45, 7) is 1.85. The van der Waals surface area contributed by atoms with Crippen LogP contribution in [0.3, 0.4) is 0 Å². The SMILES string of the molecule is CC1C(C(=O)O)NNC1c1ccc(F)cc1. The lowest BCUT2D eigenvalue weighted by Crippen LogP contribution is -2.37. The molecule has 0 radical (unpaired) electrons. The van der Waals surface area contributed by atoms with E-state index in [9.17, 15) is 9.18 Å². The summed E-state index contributed by atoms with van der Waals surface area (Å²) in [5.74, 6) is -1.27. The molecule has 0 aromatic heterocycles. The lowest BCUT2D eigenvalue weighted by Gasteiger charge is -2.16. The fourth-order valence-electron chi connectivity index (χ4n) is 1.98. The first-order valence-corrected chi connectivity index (χ1v) is 5.09. The number of carbonyl (C=O) groups is 1. The van der Waals surface area contributed by atoms with Crippen molar-refractivity contribution in [1.29, 1.82) is 0 Å². The molecule has 2 rings (SSSR count). The summed E-state index contributed by atoms with van der Waals surface area (Å²) in [7, 11) is 0. The van der Waals surface area contributed by atoms with E-state index in [1.165, 1.54) is 12.1 Å². The second kappa shape index (κ2) is 4.19. The first kappa shape index (κ1) is 11.0. The molecule has 1 heterocycles. The van der Waals surface area contributed by atoms with Crippen molar-refractivity contribution in [3.63, 3.8) is 0 Å². The number of nitrogens with one attached hydrogen (secondary N) is 2. The molecule has 3 unspecified atom stereocenters. The monoisotopic (exact) mass is 224 g/mol. The molecule has 0 amide bonds. The van der Waals surface area contributed by atoms with Crippen molar-refractivity contribution in [2.75, 3.05) is 0 Å². The Labute approximate surface area is 92.4 Å². The van der Waals surface area contributed by atoms with Crippen LogP contribution in [0, 0.1) is 11.7 Å². The zero-order valence-corrected chi connectivity index (χ0v) is 8.77. The number of hydrazine groups is 1. The minimum Gasteiger partial charge on any atom is -0.480 e. The van der Waals surface area contributed by atoms with Gasteiger partial charge in [-0.25, -0.2) is 15.2 Å². The largest absolute Gasteiger partial charge is 0.480 e. The molecule has 1 aliphatic rings. The number of hydrogen-bond acceptors (Lipinski definition) is 3. The van der Waals surface area contributed by atoms with Gasteiger partial charge in [-0.15, -0.1) is 0 Å². The Balaban J connectivity index is 2.18. The van der Waals surface area contributed by atoms with Gasteiger partial charge < -0.3 is 5.11 Å². The maximum Gasteiger partial charge on any atom is 0.322 e. The average Bonchev–Trinajstić information content (AvgIpc) is 2.61. The van der Waals surface area contributed by atoms with Crippen molar-refractivity contribution in [1.82, 2.24) is 10.9 Å². The molecule has 1 aromatic carbocycles. The first-order valence-electron chi connectivity index (χ1n) is 5.09. The Hall–Kier alpha value is -1.46. The standard InChI is InChI=1S/C11H13FN2O2/c1-6-9(13-14-10(6)11(15)16)7-2-4-8(12)5-3-7/h2-6,9-10,13-14H,1H3,(H,15,16). The van der Waals surface area contributed by atoms with E-state index in [2.05, 4.69) is 10.9 Å². The summed E-state index contributed by atoms with van der Waals surface area (Å²) < 4.78 is 12.7. The van der Waals surface area contributed by atoms with E-state index < -0.39 is 12.0 Å². The zero-order chi connectivity index (χ0) is 11.7. The van der Waals surface area contributed by atoms with Crippen LogP contribution in [0.4, 0.5) is 4.39 Å². The van der Waals surface area contributed by atoms with Crippen molar-refractivity contribution < 1.29 is 14.3 Å². The van der Waals surface area contributed by atoms with Gasteiger partial charge >= 0.3 is 5.97 Å². The molecule has 4 nitrogen and oxygen atoms in total. The molecule has 3 N–H and O–H groups in total. The molecule has 0 saturated carbocycles. The maximum absolute atomic E-state index is 12.7. The van der Waals surface area contributed by atoms with E-state index in [0.717, 1.165) is 5.56 Å². The van der Waals surface area contributed by atoms with E-state index in [1.54, 1.807) is 12.1 Å². The highest BCUT2D eigenvalue weighted by Gasteiger charge is 2.37. The molecule has 1 saturated heterocycles. The minimum absolute atomic E-state index is 0.0945. The normalized spacial score (nSPS) is 29.2. The molecular formula is C11H13FN2O2. The number of rotatable bonds is 2. The fraction of sp³-hybridized carbons (Fsp3) is 0.364. The molecule has 1 fully saturated rings. The van der Waals surface area contributed by atoms with E-state index in [4.69, 9.17) is 5.11 Å². The minimum atomic E-state index is -0.885. The topological polar surface area (TPSA) is 61.4 Å². The average molecular weight is 224 g/mol. The van der Waals surface area contributed by atoms with Gasteiger partial charge in [0.25, 0.3) is 0 Å². The van der Waals surface area contributed by atoms with Crippen molar-refractivity contribution in [3.05, 3.63) is 35.6 Å². The predicted molar refractivity (Wildman–Crippen MR) is 56.0 cm³/mol. The van der Waals surface area contributed by atoms with Crippen molar-refractivity contribution in [2.24, 2.45) is 5.92 Å². The van der Waals surface area contributed by atoms with Crippen LogP contribution in [0.5, 0.6) is 0 Å². The fourth-order valence-corrected chi connectivity index (χ4v) is 1.98. The van der Waals surface area contributed by atoms with Crippen molar-refractivity contribution in [2.45, 2.75) is 19.0 Å². The summed E-state index contributed by atoms with van der Waals surface area (Å²) in [4.78, 5) is 10.9. The quantitative estimate of drug-likeness (QED) is 0.703. The highest BCUT2D eigenvalue weighted by Crippen LogP contribution is 2.28. The van der Waals surface area contributed by atoms with Crippen LogP contribution in [-0.2, 0) is 4.79 Å². The molecule has 16 heavy (non-hydrogen) atoms. The third-order valence-electron chi connectivity index (χ3n) is 2.94. The third-order valence-corrected chi connectivity index (χ3v) is 2.94. The first-order chi connectivity index (χ1) is 7.59. The molecular weight excluding hydrogens is 211 g/mol. The van der Waals surface area contributed by atoms with Gasteiger partial charge in [0, 0.05) is 5.92 Å². The van der Waals surface area contributed by atoms with Crippen LogP contribution in [0.1, 0.15) is 18.5 Å². The Bertz CT molecular complexity index is 393. The third kappa shape index (κ3) is 1.91. The Kier molecular flexibility index (Phi) is 2.89. The van der Waals surface area contributed by atoms with Gasteiger partial charge in [0.05, 0.1) is 6.04 Å². The number of carboxylic acids is 1. The van der Waals surface area contributed by atoms with E-state index in [0.29, 0.717) is 0 Å². The second-order valence-electron chi connectivity index (χ2n) is 3.99. The van der Waals surface area contributed by atoms with Gasteiger partial charge in [-0.2, -0.15) is 0 Å². The lowest BCUT2D eigenvalue weighted by atomic mass is 9.91. The van der Waals surface area contributed by atoms with Crippen molar-refractivity contribution >= 4 is 5.97 Å². The van der Waals surface area contributed by atoms with E-state index in [1.807, 2.05) is 6.92 Å². The second-order valence-corrected chi connectivity index (χ2v) is 3.99. The summed E-state index contributed by atoms with van der Waals surface area (Å²) in [5.41, 5.74) is 6.53. The molecule has 0 aliphatic carbocycles. The maximum atomic E-state index is 12.7. The van der Waals surface area contributed by atoms with Crippen molar-refractivity contribution in [3.8, 4) is 0 Å². The number of aliphatic carboxylic acids is 1. The van der Waals surface area contributed by atoms with Gasteiger partial charge in [0.1, 0.15) is 11.9 Å². The highest BCUT2D eigenvalue weighted by molar-refractivity contribution is 5.74. The number of hydrogen-bond donors (Lipinski definition) is 3. The smallest absolute Gasteiger partial charge is 0.322 e. The molecule has 86 valence electrons. The van der Waals surface area contributed by atoms with Crippen LogP contribution < -0.4 is 10.9 Å². The summed E-state index contributed by atoms with van der Waals surface area (Å²) in [6, 6.07) is 5.34. The molecule has 0 bridgehead atoms. The lowest BCUT2D eigenvalue weighted by molar-refractivity contribution is -0.140. The Morgan fingerprint density at radius 1 is 1.31 bits per heavy atom. The van der Waals surface area contributed by atoms with Gasteiger partial charge in [-0.05, 0) is 17.7 Å². The van der Waals surface area contributed by atoms with Crippen LogP contribution in [0.25, 0.3) is 0 Å². The molecule has 1 aliphatic heterocycles. The molecule has 5 heteroatoms. The van der Waals surface area contributed by atoms with Gasteiger partial charge in [-0.1, -0.05) is 19.1 Å². The molecule has 3 atom stereocenters. The molecule has 0 spiro atoms. The summed E-state index contributed by atoms with van der Waals surface area (Å²) >= 11 is 0. The molecule has 1 aromatic rings. The Morgan fingerprint density at radius 2 is 1.94 bits per heavy atom. The summed E-state index contributed by atoms with van der Waals surface area (Å²) in [5, 5.41) is 8.93. The zero-order valence-electron chi connectivity index (χ0n) is 8.77. The van der Waals surface area contributed by atoms with Crippen LogP contribution in [0.15, 0.2) is 24.3 Å². The van der Waals surface area contributed by atoms with Crippen LogP contribution >= 0.6 is 0 Å². The summed E-state index contributed by atoms with van der Waals surface area (Å²) in [6.07, 6.45) is 0. The van der Waals surface area contributed by atoms with Crippen LogP contribution in [0.2, 0.25) is 0 Å². The number of carboxylic acid groups (broad SMARTS) is 1. The number of halogens is 1. The van der Waals surface area contributed by atoms with Gasteiger partial charge in [0.2, 0.25) is 0 Å². The van der Waals surface area contributed by atoms with E-state index in [-0.39, 0.29) is 17.8 Å². The van der Waals surface area contributed by atoms with Gasteiger partial charge in [0.15, 0.2) is 0 Å². The Morgan fingerprint density at radius 3 is 2.44 bits per heavy atom. The van der Waals surface area contributed by atoms with Gasteiger partial charge in [-0.3, -0.25) is 4.79 Å². The highest BCUT2D eigenvalue weighted by atomic mass is 19.1.